The van der Waals surface area contributed by atoms with E-state index in [9.17, 15) is 0 Å². The third kappa shape index (κ3) is 1.54. The molecule has 98 valence electrons. The molecule has 0 radical (unpaired) electrons. The van der Waals surface area contributed by atoms with E-state index in [4.69, 9.17) is 0 Å². The van der Waals surface area contributed by atoms with Gasteiger partial charge in [0.15, 0.2) is 0 Å². The lowest BCUT2D eigenvalue weighted by molar-refractivity contribution is -0.178. The van der Waals surface area contributed by atoms with Gasteiger partial charge in [-0.3, -0.25) is 4.90 Å². The summed E-state index contributed by atoms with van der Waals surface area (Å²) in [5.41, 5.74) is 1.63. The zero-order valence-electron chi connectivity index (χ0n) is 12.0. The Morgan fingerprint density at radius 2 is 1.18 bits per heavy atom. The Labute approximate surface area is 107 Å². The van der Waals surface area contributed by atoms with Crippen LogP contribution in [0.15, 0.2) is 0 Å². The van der Waals surface area contributed by atoms with Crippen molar-refractivity contribution in [1.29, 1.82) is 0 Å². The van der Waals surface area contributed by atoms with Gasteiger partial charge in [-0.1, -0.05) is 6.92 Å². The molecule has 0 aromatic rings. The van der Waals surface area contributed by atoms with Crippen LogP contribution in [0.3, 0.4) is 0 Å². The molecule has 0 aliphatic carbocycles. The second-order valence-electron chi connectivity index (χ2n) is 7.47. The van der Waals surface area contributed by atoms with Gasteiger partial charge in [-0.25, -0.2) is 0 Å². The highest BCUT2D eigenvalue weighted by atomic mass is 15.3. The molecule has 3 heterocycles. The van der Waals surface area contributed by atoms with Crippen LogP contribution in [0.4, 0.5) is 0 Å². The topological polar surface area (TPSA) is 3.24 Å². The summed E-state index contributed by atoms with van der Waals surface area (Å²) in [6.07, 6.45) is 14.5. The average Bonchev–Trinajstić information content (AvgIpc) is 2.28. The molecule has 3 saturated heterocycles. The van der Waals surface area contributed by atoms with E-state index in [1.54, 1.807) is 0 Å². The number of piperidine rings is 3. The second kappa shape index (κ2) is 3.73. The summed E-state index contributed by atoms with van der Waals surface area (Å²) in [6.45, 7) is 7.57. The molecule has 0 bridgehead atoms. The molecule has 0 aromatic heterocycles. The highest BCUT2D eigenvalue weighted by Crippen LogP contribution is 2.56. The molecule has 0 spiro atoms. The molecule has 1 nitrogen and oxygen atoms in total. The summed E-state index contributed by atoms with van der Waals surface area (Å²) in [7, 11) is 0. The first-order valence-corrected chi connectivity index (χ1v) is 7.85. The minimum atomic E-state index is 0.529. The first kappa shape index (κ1) is 12.0. The van der Waals surface area contributed by atoms with Crippen LogP contribution in [0.1, 0.15) is 85.0 Å². The maximum atomic E-state index is 3.05. The fourth-order valence-corrected chi connectivity index (χ4v) is 5.80. The molecular formula is C16H29N. The predicted octanol–water partition coefficient (Wildman–Crippen LogP) is 4.51. The lowest BCUT2D eigenvalue weighted by Crippen LogP contribution is -2.73. The van der Waals surface area contributed by atoms with Crippen molar-refractivity contribution < 1.29 is 0 Å². The van der Waals surface area contributed by atoms with E-state index in [1.165, 1.54) is 64.2 Å². The second-order valence-corrected chi connectivity index (χ2v) is 7.47. The molecule has 17 heavy (non-hydrogen) atoms. The average molecular weight is 235 g/mol. The Bertz CT molecular complexity index is 279. The number of hydrogen-bond acceptors (Lipinski definition) is 1. The van der Waals surface area contributed by atoms with E-state index < -0.39 is 0 Å². The first-order valence-electron chi connectivity index (χ1n) is 7.85. The minimum absolute atomic E-state index is 0.529. The maximum absolute atomic E-state index is 3.05. The fraction of sp³-hybridized carbons (Fsp3) is 1.00. The molecule has 1 heteroatoms. The van der Waals surface area contributed by atoms with Gasteiger partial charge in [-0.05, 0) is 78.1 Å². The lowest BCUT2D eigenvalue weighted by atomic mass is 9.61. The van der Waals surface area contributed by atoms with Crippen LogP contribution < -0.4 is 0 Å². The first-order chi connectivity index (χ1) is 8.05. The van der Waals surface area contributed by atoms with Crippen LogP contribution in [-0.4, -0.2) is 21.5 Å². The number of hydrogen-bond donors (Lipinski definition) is 0. The monoisotopic (exact) mass is 235 g/mol. The van der Waals surface area contributed by atoms with Crippen molar-refractivity contribution in [3.8, 4) is 0 Å². The summed E-state index contributed by atoms with van der Waals surface area (Å²) in [5.74, 6) is 0. The summed E-state index contributed by atoms with van der Waals surface area (Å²) in [5, 5.41) is 0. The summed E-state index contributed by atoms with van der Waals surface area (Å²) >= 11 is 0. The van der Waals surface area contributed by atoms with Crippen LogP contribution in [0.2, 0.25) is 0 Å². The standard InChI is InChI=1S/C16H29N/c1-4-16-12-6-10-14(2)8-5-9-15(3,17(14)16)11-7-13-16/h4-13H2,1-3H3. The quantitative estimate of drug-likeness (QED) is 0.646. The van der Waals surface area contributed by atoms with Gasteiger partial charge in [-0.2, -0.15) is 0 Å². The van der Waals surface area contributed by atoms with Gasteiger partial charge >= 0.3 is 0 Å². The molecular weight excluding hydrogens is 206 g/mol. The zero-order chi connectivity index (χ0) is 12.1. The van der Waals surface area contributed by atoms with Gasteiger partial charge in [-0.15, -0.1) is 0 Å². The van der Waals surface area contributed by atoms with Crippen molar-refractivity contribution in [1.82, 2.24) is 4.90 Å². The van der Waals surface area contributed by atoms with Crippen molar-refractivity contribution >= 4 is 0 Å². The number of rotatable bonds is 1. The Morgan fingerprint density at radius 3 is 1.59 bits per heavy atom. The van der Waals surface area contributed by atoms with Crippen LogP contribution in [0, 0.1) is 0 Å². The molecule has 2 unspecified atom stereocenters. The van der Waals surface area contributed by atoms with Crippen molar-refractivity contribution in [3.05, 3.63) is 0 Å². The van der Waals surface area contributed by atoms with Crippen LogP contribution in [0.25, 0.3) is 0 Å². The zero-order valence-corrected chi connectivity index (χ0v) is 12.0. The van der Waals surface area contributed by atoms with E-state index >= 15 is 0 Å². The third-order valence-electron chi connectivity index (χ3n) is 6.36. The van der Waals surface area contributed by atoms with Crippen LogP contribution in [-0.2, 0) is 0 Å². The van der Waals surface area contributed by atoms with Crippen molar-refractivity contribution in [2.45, 2.75) is 102 Å². The maximum Gasteiger partial charge on any atom is 0.0217 e. The Balaban J connectivity index is 2.05. The SMILES string of the molecule is CCC12CCCC3(C)CCCC(C)(CCC1)N32. The van der Waals surface area contributed by atoms with Crippen molar-refractivity contribution in [2.24, 2.45) is 0 Å². The minimum Gasteiger partial charge on any atom is -0.287 e. The smallest absolute Gasteiger partial charge is 0.0217 e. The van der Waals surface area contributed by atoms with Crippen LogP contribution >= 0.6 is 0 Å². The summed E-state index contributed by atoms with van der Waals surface area (Å²) in [6, 6.07) is 0. The highest BCUT2D eigenvalue weighted by molar-refractivity contribution is 5.14. The Morgan fingerprint density at radius 1 is 0.765 bits per heavy atom. The molecule has 0 amide bonds. The molecule has 0 saturated carbocycles. The molecule has 3 aliphatic rings. The molecule has 3 fully saturated rings. The molecule has 3 aliphatic heterocycles. The molecule has 3 rings (SSSR count). The Kier molecular flexibility index (Phi) is 2.63. The number of nitrogens with zero attached hydrogens (tertiary/aromatic N) is 1. The summed E-state index contributed by atoms with van der Waals surface area (Å²) < 4.78 is 0. The lowest BCUT2D eigenvalue weighted by Gasteiger charge is -2.68. The van der Waals surface area contributed by atoms with Gasteiger partial charge in [0.1, 0.15) is 0 Å². The van der Waals surface area contributed by atoms with Gasteiger partial charge in [0.2, 0.25) is 0 Å². The predicted molar refractivity (Wildman–Crippen MR) is 73.2 cm³/mol. The van der Waals surface area contributed by atoms with E-state index in [0.717, 1.165) is 0 Å². The van der Waals surface area contributed by atoms with E-state index in [1.807, 2.05) is 0 Å². The van der Waals surface area contributed by atoms with Gasteiger partial charge in [0.25, 0.3) is 0 Å². The molecule has 2 atom stereocenters. The van der Waals surface area contributed by atoms with E-state index in [0.29, 0.717) is 16.6 Å². The normalized spacial score (nSPS) is 51.0. The van der Waals surface area contributed by atoms with Gasteiger partial charge in [0, 0.05) is 16.6 Å². The highest BCUT2D eigenvalue weighted by Gasteiger charge is 2.58. The van der Waals surface area contributed by atoms with E-state index in [2.05, 4.69) is 25.7 Å². The largest absolute Gasteiger partial charge is 0.287 e. The summed E-state index contributed by atoms with van der Waals surface area (Å²) in [4.78, 5) is 3.05. The van der Waals surface area contributed by atoms with Gasteiger partial charge in [0.05, 0.1) is 0 Å². The molecule has 0 aromatic carbocycles. The Hall–Kier alpha value is -0.0400. The van der Waals surface area contributed by atoms with E-state index in [-0.39, 0.29) is 0 Å². The fourth-order valence-electron chi connectivity index (χ4n) is 5.80. The van der Waals surface area contributed by atoms with Crippen molar-refractivity contribution in [2.75, 3.05) is 0 Å². The van der Waals surface area contributed by atoms with Crippen molar-refractivity contribution in [3.63, 3.8) is 0 Å². The van der Waals surface area contributed by atoms with Gasteiger partial charge < -0.3 is 0 Å². The molecule has 0 N–H and O–H groups in total. The third-order valence-corrected chi connectivity index (χ3v) is 6.36. The van der Waals surface area contributed by atoms with Crippen LogP contribution in [0.5, 0.6) is 0 Å².